The first-order chi connectivity index (χ1) is 12.6. The van der Waals surface area contributed by atoms with Crippen LogP contribution in [0.1, 0.15) is 37.8 Å². The molecule has 2 rings (SSSR count). The fraction of sp³-hybridized carbons (Fsp3) is 0.421. The van der Waals surface area contributed by atoms with Crippen molar-refractivity contribution in [1.82, 2.24) is 5.32 Å². The summed E-state index contributed by atoms with van der Waals surface area (Å²) in [5.74, 6) is -1.95. The minimum atomic E-state index is -1.09. The van der Waals surface area contributed by atoms with E-state index in [2.05, 4.69) is 5.32 Å². The Hall–Kier alpha value is -2.54. The number of halogens is 1. The highest BCUT2D eigenvalue weighted by Crippen LogP contribution is 2.30. The monoisotopic (exact) mass is 395 g/mol. The number of hydrogen-bond donors (Lipinski definition) is 3. The van der Waals surface area contributed by atoms with E-state index in [-0.39, 0.29) is 35.1 Å². The van der Waals surface area contributed by atoms with Crippen LogP contribution in [0.5, 0.6) is 5.75 Å². The molecule has 0 unspecified atom stereocenters. The first-order valence-electron chi connectivity index (χ1n) is 8.62. The van der Waals surface area contributed by atoms with Gasteiger partial charge in [0, 0.05) is 23.4 Å². The van der Waals surface area contributed by atoms with Crippen LogP contribution in [-0.4, -0.2) is 28.1 Å². The van der Waals surface area contributed by atoms with Gasteiger partial charge >= 0.3 is 11.6 Å². The fourth-order valence-corrected chi connectivity index (χ4v) is 3.02. The molecule has 2 atom stereocenters. The van der Waals surface area contributed by atoms with Crippen molar-refractivity contribution in [3.05, 3.63) is 38.7 Å². The Labute approximate surface area is 160 Å². The van der Waals surface area contributed by atoms with Crippen molar-refractivity contribution in [2.24, 2.45) is 5.92 Å². The first-order valence-corrected chi connectivity index (χ1v) is 9.00. The zero-order valence-electron chi connectivity index (χ0n) is 15.3. The van der Waals surface area contributed by atoms with Gasteiger partial charge in [0.2, 0.25) is 5.91 Å². The van der Waals surface area contributed by atoms with E-state index in [0.717, 1.165) is 0 Å². The number of carboxylic acid groups (broad SMARTS) is 1. The largest absolute Gasteiger partial charge is 0.506 e. The highest BCUT2D eigenvalue weighted by atomic mass is 35.5. The number of fused-ring (bicyclic) bond motifs is 1. The Morgan fingerprint density at radius 1 is 1.33 bits per heavy atom. The summed E-state index contributed by atoms with van der Waals surface area (Å²) in [5, 5.41) is 22.1. The molecular weight excluding hydrogens is 374 g/mol. The average molecular weight is 396 g/mol. The van der Waals surface area contributed by atoms with Crippen LogP contribution < -0.4 is 10.9 Å². The maximum absolute atomic E-state index is 12.2. The molecule has 0 fully saturated rings. The van der Waals surface area contributed by atoms with Crippen molar-refractivity contribution < 1.29 is 24.2 Å². The lowest BCUT2D eigenvalue weighted by molar-refractivity contribution is -0.143. The van der Waals surface area contributed by atoms with E-state index in [1.165, 1.54) is 12.1 Å². The lowest BCUT2D eigenvalue weighted by atomic mass is 9.98. The molecule has 0 aliphatic carbocycles. The molecule has 1 heterocycles. The van der Waals surface area contributed by atoms with E-state index >= 15 is 0 Å². The van der Waals surface area contributed by atoms with Gasteiger partial charge in [-0.2, -0.15) is 0 Å². The van der Waals surface area contributed by atoms with Crippen molar-refractivity contribution in [3.63, 3.8) is 0 Å². The number of benzene rings is 1. The number of aryl methyl sites for hydroxylation is 1. The van der Waals surface area contributed by atoms with Gasteiger partial charge in [0.1, 0.15) is 17.4 Å². The number of aromatic hydroxyl groups is 1. The predicted octanol–water partition coefficient (Wildman–Crippen LogP) is 3.01. The summed E-state index contributed by atoms with van der Waals surface area (Å²) < 4.78 is 5.22. The maximum atomic E-state index is 12.2. The highest BCUT2D eigenvalue weighted by Gasteiger charge is 2.25. The minimum absolute atomic E-state index is 0.0524. The molecule has 7 nitrogen and oxygen atoms in total. The number of phenolic OH excluding ortho intramolecular Hbond substituents is 1. The van der Waals surface area contributed by atoms with Gasteiger partial charge in [-0.1, -0.05) is 31.9 Å². The van der Waals surface area contributed by atoms with E-state index in [4.69, 9.17) is 16.0 Å². The number of carbonyl (C=O) groups is 2. The first kappa shape index (κ1) is 20.8. The van der Waals surface area contributed by atoms with Crippen LogP contribution in [0.15, 0.2) is 21.3 Å². The second kappa shape index (κ2) is 8.43. The number of amides is 1. The number of rotatable bonds is 7. The lowest BCUT2D eigenvalue weighted by Gasteiger charge is -2.20. The standard InChI is InChI=1S/C19H22ClNO6/c1-4-9(2)17(18(24)25)21-16(23)6-5-11-10(3)12-7-13(20)14(22)8-15(12)27-19(11)26/h7-9,17,22H,4-6H2,1-3H3,(H,21,23)(H,24,25)/t9-,17+/m0/s1. The van der Waals surface area contributed by atoms with Gasteiger partial charge in [0.05, 0.1) is 5.02 Å². The summed E-state index contributed by atoms with van der Waals surface area (Å²) >= 11 is 5.92. The van der Waals surface area contributed by atoms with Crippen LogP contribution in [0.25, 0.3) is 11.0 Å². The summed E-state index contributed by atoms with van der Waals surface area (Å²) in [7, 11) is 0. The second-order valence-electron chi connectivity index (χ2n) is 6.56. The van der Waals surface area contributed by atoms with Crippen molar-refractivity contribution in [2.45, 2.75) is 46.1 Å². The number of hydrogen-bond acceptors (Lipinski definition) is 5. The lowest BCUT2D eigenvalue weighted by Crippen LogP contribution is -2.45. The molecule has 0 aliphatic heterocycles. The third kappa shape index (κ3) is 4.60. The molecule has 1 amide bonds. The number of carbonyl (C=O) groups excluding carboxylic acids is 1. The summed E-state index contributed by atoms with van der Waals surface area (Å²) in [5.41, 5.74) is 0.518. The average Bonchev–Trinajstić information content (AvgIpc) is 2.60. The van der Waals surface area contributed by atoms with Gasteiger partial charge < -0.3 is 19.9 Å². The quantitative estimate of drug-likeness (QED) is 0.620. The molecule has 0 radical (unpaired) electrons. The second-order valence-corrected chi connectivity index (χ2v) is 6.97. The minimum Gasteiger partial charge on any atom is -0.506 e. The molecule has 0 bridgehead atoms. The molecule has 0 saturated carbocycles. The van der Waals surface area contributed by atoms with E-state index in [9.17, 15) is 24.6 Å². The molecule has 1 aromatic heterocycles. The van der Waals surface area contributed by atoms with E-state index < -0.39 is 23.5 Å². The Kier molecular flexibility index (Phi) is 6.49. The van der Waals surface area contributed by atoms with Crippen LogP contribution >= 0.6 is 11.6 Å². The number of carboxylic acids is 1. The molecule has 3 N–H and O–H groups in total. The van der Waals surface area contributed by atoms with Crippen molar-refractivity contribution >= 4 is 34.4 Å². The molecular formula is C19H22ClNO6. The van der Waals surface area contributed by atoms with E-state index in [1.807, 2.05) is 6.92 Å². The number of nitrogens with one attached hydrogen (secondary N) is 1. The predicted molar refractivity (Wildman–Crippen MR) is 101 cm³/mol. The molecule has 146 valence electrons. The van der Waals surface area contributed by atoms with Gasteiger partial charge in [-0.15, -0.1) is 0 Å². The summed E-state index contributed by atoms with van der Waals surface area (Å²) in [6, 6.07) is 1.79. The molecule has 1 aromatic carbocycles. The number of aliphatic carboxylic acids is 1. The topological polar surface area (TPSA) is 117 Å². The zero-order chi connectivity index (χ0) is 20.3. The van der Waals surface area contributed by atoms with E-state index in [0.29, 0.717) is 22.9 Å². The van der Waals surface area contributed by atoms with Crippen molar-refractivity contribution in [3.8, 4) is 5.75 Å². The van der Waals surface area contributed by atoms with Gasteiger partial charge in [0.15, 0.2) is 0 Å². The highest BCUT2D eigenvalue weighted by molar-refractivity contribution is 6.32. The van der Waals surface area contributed by atoms with E-state index in [1.54, 1.807) is 13.8 Å². The van der Waals surface area contributed by atoms with Crippen LogP contribution in [0.3, 0.4) is 0 Å². The normalized spacial score (nSPS) is 13.3. The number of phenols is 1. The van der Waals surface area contributed by atoms with Crippen LogP contribution in [0.2, 0.25) is 5.02 Å². The van der Waals surface area contributed by atoms with Gasteiger partial charge in [0.25, 0.3) is 0 Å². The molecule has 0 aliphatic rings. The van der Waals surface area contributed by atoms with Crippen LogP contribution in [0.4, 0.5) is 0 Å². The Morgan fingerprint density at radius 2 is 2.00 bits per heavy atom. The van der Waals surface area contributed by atoms with Crippen LogP contribution in [-0.2, 0) is 16.0 Å². The zero-order valence-corrected chi connectivity index (χ0v) is 16.1. The molecule has 0 spiro atoms. The molecule has 8 heteroatoms. The fourth-order valence-electron chi connectivity index (χ4n) is 2.85. The third-order valence-electron chi connectivity index (χ3n) is 4.75. The maximum Gasteiger partial charge on any atom is 0.339 e. The Bertz CT molecular complexity index is 936. The third-order valence-corrected chi connectivity index (χ3v) is 5.06. The summed E-state index contributed by atoms with van der Waals surface area (Å²) in [4.78, 5) is 35.7. The Morgan fingerprint density at radius 3 is 2.59 bits per heavy atom. The van der Waals surface area contributed by atoms with Gasteiger partial charge in [-0.25, -0.2) is 9.59 Å². The molecule has 0 saturated heterocycles. The van der Waals surface area contributed by atoms with Crippen molar-refractivity contribution in [2.75, 3.05) is 0 Å². The Balaban J connectivity index is 2.21. The van der Waals surface area contributed by atoms with Crippen molar-refractivity contribution in [1.29, 1.82) is 0 Å². The summed E-state index contributed by atoms with van der Waals surface area (Å²) in [6.07, 6.45) is 0.655. The van der Waals surface area contributed by atoms with Gasteiger partial charge in [-0.05, 0) is 30.9 Å². The van der Waals surface area contributed by atoms with Crippen LogP contribution in [0, 0.1) is 12.8 Å². The SMILES string of the molecule is CC[C@H](C)[C@@H](NC(=O)CCc1c(C)c2cc(Cl)c(O)cc2oc1=O)C(=O)O. The van der Waals surface area contributed by atoms with Gasteiger partial charge in [-0.3, -0.25) is 4.79 Å². The molecule has 2 aromatic rings. The summed E-state index contributed by atoms with van der Waals surface area (Å²) in [6.45, 7) is 5.30. The molecule has 27 heavy (non-hydrogen) atoms. The smallest absolute Gasteiger partial charge is 0.339 e.